The summed E-state index contributed by atoms with van der Waals surface area (Å²) in [4.78, 5) is 25.3. The van der Waals surface area contributed by atoms with Gasteiger partial charge in [0.05, 0.1) is 12.2 Å². The molecule has 1 aliphatic heterocycles. The van der Waals surface area contributed by atoms with E-state index in [1.807, 2.05) is 13.8 Å². The van der Waals surface area contributed by atoms with Crippen molar-refractivity contribution in [3.05, 3.63) is 33.1 Å². The minimum Gasteiger partial charge on any atom is -0.374 e. The Hall–Kier alpha value is -1.09. The third kappa shape index (κ3) is 3.39. The van der Waals surface area contributed by atoms with Gasteiger partial charge in [-0.3, -0.25) is 14.3 Å². The van der Waals surface area contributed by atoms with E-state index in [0.29, 0.717) is 5.75 Å². The van der Waals surface area contributed by atoms with E-state index in [-0.39, 0.29) is 18.3 Å². The van der Waals surface area contributed by atoms with Crippen LogP contribution in [0.5, 0.6) is 0 Å². The molecule has 8 heteroatoms. The van der Waals surface area contributed by atoms with E-state index in [2.05, 4.69) is 17.6 Å². The van der Waals surface area contributed by atoms with Crippen molar-refractivity contribution in [3.8, 4) is 0 Å². The number of nitrogens with zero attached hydrogens (tertiary/aromatic N) is 1. The van der Waals surface area contributed by atoms with Gasteiger partial charge in [-0.15, -0.1) is 0 Å². The SMILES string of the molecule is COC1[C@@H](OC(C)C)[C@@H](CS)O[C@H]1n1ccc(=O)[nH]c1=O. The lowest BCUT2D eigenvalue weighted by molar-refractivity contribution is -0.0776. The molecule has 0 spiro atoms. The van der Waals surface area contributed by atoms with Crippen LogP contribution in [0.2, 0.25) is 0 Å². The molecule has 4 atom stereocenters. The third-order valence-corrected chi connectivity index (χ3v) is 3.65. The predicted octanol–water partition coefficient (Wildman–Crippen LogP) is 0.172. The van der Waals surface area contributed by atoms with Crippen LogP contribution in [0, 0.1) is 0 Å². The molecule has 1 N–H and O–H groups in total. The largest absolute Gasteiger partial charge is 0.374 e. The Balaban J connectivity index is 2.35. The second kappa shape index (κ2) is 6.78. The van der Waals surface area contributed by atoms with Crippen molar-refractivity contribution >= 4 is 12.6 Å². The van der Waals surface area contributed by atoms with E-state index in [4.69, 9.17) is 14.2 Å². The van der Waals surface area contributed by atoms with Crippen molar-refractivity contribution in [3.63, 3.8) is 0 Å². The van der Waals surface area contributed by atoms with Gasteiger partial charge in [0.15, 0.2) is 6.23 Å². The molecular formula is C13H20N2O5S. The summed E-state index contributed by atoms with van der Waals surface area (Å²) in [6.45, 7) is 3.84. The van der Waals surface area contributed by atoms with Gasteiger partial charge in [0.2, 0.25) is 0 Å². The summed E-state index contributed by atoms with van der Waals surface area (Å²) >= 11 is 4.27. The fourth-order valence-electron chi connectivity index (χ4n) is 2.44. The molecule has 21 heavy (non-hydrogen) atoms. The Morgan fingerprint density at radius 3 is 2.67 bits per heavy atom. The normalized spacial score (nSPS) is 29.2. The molecule has 0 saturated carbocycles. The van der Waals surface area contributed by atoms with Crippen molar-refractivity contribution in [1.82, 2.24) is 9.55 Å². The summed E-state index contributed by atoms with van der Waals surface area (Å²) in [5, 5.41) is 0. The van der Waals surface area contributed by atoms with Gasteiger partial charge < -0.3 is 14.2 Å². The number of H-pyrrole nitrogens is 1. The third-order valence-electron chi connectivity index (χ3n) is 3.29. The summed E-state index contributed by atoms with van der Waals surface area (Å²) in [6, 6.07) is 1.27. The van der Waals surface area contributed by atoms with Crippen LogP contribution in [-0.2, 0) is 14.2 Å². The maximum absolute atomic E-state index is 11.9. The minimum absolute atomic E-state index is 0.00955. The number of aromatic nitrogens is 2. The molecule has 1 aromatic rings. The molecule has 7 nitrogen and oxygen atoms in total. The molecule has 1 saturated heterocycles. The quantitative estimate of drug-likeness (QED) is 0.757. The van der Waals surface area contributed by atoms with Crippen LogP contribution < -0.4 is 11.2 Å². The van der Waals surface area contributed by atoms with Gasteiger partial charge >= 0.3 is 5.69 Å². The number of thiol groups is 1. The number of hydrogen-bond donors (Lipinski definition) is 2. The molecule has 0 bridgehead atoms. The first-order valence-corrected chi connectivity index (χ1v) is 7.37. The summed E-state index contributed by atoms with van der Waals surface area (Å²) in [5.41, 5.74) is -0.999. The average molecular weight is 316 g/mol. The van der Waals surface area contributed by atoms with Gasteiger partial charge in [0.1, 0.15) is 12.2 Å². The van der Waals surface area contributed by atoms with Crippen LogP contribution in [0.4, 0.5) is 0 Å². The topological polar surface area (TPSA) is 82.6 Å². The number of rotatable bonds is 5. The van der Waals surface area contributed by atoms with Gasteiger partial charge in [-0.05, 0) is 13.8 Å². The number of ether oxygens (including phenoxy) is 3. The van der Waals surface area contributed by atoms with E-state index in [0.717, 1.165) is 0 Å². The lowest BCUT2D eigenvalue weighted by atomic mass is 10.1. The van der Waals surface area contributed by atoms with Crippen LogP contribution in [0.1, 0.15) is 20.1 Å². The number of hydrogen-bond acceptors (Lipinski definition) is 6. The van der Waals surface area contributed by atoms with Crippen molar-refractivity contribution < 1.29 is 14.2 Å². The predicted molar refractivity (Wildman–Crippen MR) is 79.9 cm³/mol. The molecule has 0 amide bonds. The minimum atomic E-state index is -0.666. The summed E-state index contributed by atoms with van der Waals surface area (Å²) in [5.74, 6) is 0.436. The van der Waals surface area contributed by atoms with Crippen molar-refractivity contribution in [2.45, 2.75) is 44.5 Å². The fourth-order valence-corrected chi connectivity index (χ4v) is 2.73. The van der Waals surface area contributed by atoms with Gasteiger partial charge in [-0.25, -0.2) is 4.79 Å². The second-order valence-electron chi connectivity index (χ2n) is 5.11. The second-order valence-corrected chi connectivity index (χ2v) is 5.48. The lowest BCUT2D eigenvalue weighted by Gasteiger charge is -2.25. The summed E-state index contributed by atoms with van der Waals surface area (Å²) in [6.07, 6.45) is -0.385. The molecule has 1 aromatic heterocycles. The molecule has 118 valence electrons. The van der Waals surface area contributed by atoms with E-state index in [1.54, 1.807) is 0 Å². The molecule has 2 rings (SSSR count). The van der Waals surface area contributed by atoms with Crippen LogP contribution >= 0.6 is 12.6 Å². The number of methoxy groups -OCH3 is 1. The van der Waals surface area contributed by atoms with Gasteiger partial charge in [-0.2, -0.15) is 12.6 Å². The highest BCUT2D eigenvalue weighted by molar-refractivity contribution is 7.80. The van der Waals surface area contributed by atoms with E-state index in [1.165, 1.54) is 23.9 Å². The number of aromatic amines is 1. The smallest absolute Gasteiger partial charge is 0.330 e. The Morgan fingerprint density at radius 1 is 1.43 bits per heavy atom. The molecule has 1 aliphatic rings. The maximum Gasteiger partial charge on any atom is 0.330 e. The average Bonchev–Trinajstić information content (AvgIpc) is 2.75. The van der Waals surface area contributed by atoms with E-state index < -0.39 is 23.6 Å². The Bertz CT molecular complexity index is 584. The molecule has 1 fully saturated rings. The van der Waals surface area contributed by atoms with Crippen molar-refractivity contribution in [2.75, 3.05) is 12.9 Å². The van der Waals surface area contributed by atoms with Gasteiger partial charge in [0.25, 0.3) is 5.56 Å². The zero-order valence-corrected chi connectivity index (χ0v) is 13.1. The van der Waals surface area contributed by atoms with Crippen LogP contribution in [-0.4, -0.2) is 46.8 Å². The fraction of sp³-hybridized carbons (Fsp3) is 0.692. The summed E-state index contributed by atoms with van der Waals surface area (Å²) in [7, 11) is 1.54. The first-order chi connectivity index (χ1) is 9.97. The first-order valence-electron chi connectivity index (χ1n) is 6.74. The van der Waals surface area contributed by atoms with Crippen LogP contribution in [0.15, 0.2) is 21.9 Å². The molecule has 0 aliphatic carbocycles. The van der Waals surface area contributed by atoms with Crippen LogP contribution in [0.3, 0.4) is 0 Å². The molecular weight excluding hydrogens is 296 g/mol. The Kier molecular flexibility index (Phi) is 5.26. The Morgan fingerprint density at radius 2 is 2.14 bits per heavy atom. The van der Waals surface area contributed by atoms with E-state index in [9.17, 15) is 9.59 Å². The summed E-state index contributed by atoms with van der Waals surface area (Å²) < 4.78 is 18.5. The van der Waals surface area contributed by atoms with Gasteiger partial charge in [0, 0.05) is 25.1 Å². The van der Waals surface area contributed by atoms with Gasteiger partial charge in [-0.1, -0.05) is 0 Å². The lowest BCUT2D eigenvalue weighted by Crippen LogP contribution is -2.40. The standard InChI is InChI=1S/C13H20N2O5S/c1-7(2)19-10-8(6-21)20-12(11(10)18-3)15-5-4-9(16)14-13(15)17/h4-5,7-8,10-12,21H,6H2,1-3H3,(H,14,16,17)/t8-,10+,11?,12-/m1/s1. The maximum atomic E-state index is 11.9. The molecule has 2 heterocycles. The van der Waals surface area contributed by atoms with Crippen LogP contribution in [0.25, 0.3) is 0 Å². The molecule has 1 unspecified atom stereocenters. The first kappa shape index (κ1) is 16.3. The Labute approximate surface area is 127 Å². The monoisotopic (exact) mass is 316 g/mol. The zero-order chi connectivity index (χ0) is 15.6. The van der Waals surface area contributed by atoms with Crippen molar-refractivity contribution in [1.29, 1.82) is 0 Å². The van der Waals surface area contributed by atoms with Crippen molar-refractivity contribution in [2.24, 2.45) is 0 Å². The molecule has 0 aromatic carbocycles. The van der Waals surface area contributed by atoms with E-state index >= 15 is 0 Å². The number of nitrogens with one attached hydrogen (secondary N) is 1. The highest BCUT2D eigenvalue weighted by Gasteiger charge is 2.46. The highest BCUT2D eigenvalue weighted by Crippen LogP contribution is 2.33. The highest BCUT2D eigenvalue weighted by atomic mass is 32.1. The zero-order valence-electron chi connectivity index (χ0n) is 12.2. The molecule has 0 radical (unpaired) electrons.